The first-order valence-corrected chi connectivity index (χ1v) is 10.7. The predicted octanol–water partition coefficient (Wildman–Crippen LogP) is 5.82. The third-order valence-electron chi connectivity index (χ3n) is 4.49. The lowest BCUT2D eigenvalue weighted by molar-refractivity contribution is -0.112. The first kappa shape index (κ1) is 23.8. The third-order valence-corrected chi connectivity index (χ3v) is 5.18. The van der Waals surface area contributed by atoms with E-state index in [1.165, 1.54) is 36.4 Å². The van der Waals surface area contributed by atoms with Crippen LogP contribution >= 0.6 is 15.9 Å². The van der Waals surface area contributed by atoms with Crippen LogP contribution in [0.2, 0.25) is 0 Å². The Morgan fingerprint density at radius 1 is 1.15 bits per heavy atom. The number of halogens is 2. The van der Waals surface area contributed by atoms with Crippen molar-refractivity contribution in [3.63, 3.8) is 0 Å². The van der Waals surface area contributed by atoms with Gasteiger partial charge in [0.25, 0.3) is 5.91 Å². The Labute approximate surface area is 199 Å². The molecule has 33 heavy (non-hydrogen) atoms. The lowest BCUT2D eigenvalue weighted by Crippen LogP contribution is -2.13. The molecular formula is C25H20BrFN2O4. The highest BCUT2D eigenvalue weighted by Crippen LogP contribution is 2.35. The summed E-state index contributed by atoms with van der Waals surface area (Å²) in [4.78, 5) is 12.5. The molecule has 0 atom stereocenters. The third kappa shape index (κ3) is 6.34. The van der Waals surface area contributed by atoms with E-state index in [0.29, 0.717) is 39.4 Å². The number of nitrogens with zero attached hydrogens (tertiary/aromatic N) is 1. The van der Waals surface area contributed by atoms with Crippen LogP contribution in [0.5, 0.6) is 17.2 Å². The average molecular weight is 511 g/mol. The summed E-state index contributed by atoms with van der Waals surface area (Å²) in [6.07, 6.45) is 1.42. The molecule has 8 heteroatoms. The maximum atomic E-state index is 13.9. The van der Waals surface area contributed by atoms with Crippen molar-refractivity contribution >= 4 is 33.6 Å². The summed E-state index contributed by atoms with van der Waals surface area (Å²) in [6, 6.07) is 17.4. The van der Waals surface area contributed by atoms with Crippen molar-refractivity contribution < 1.29 is 23.8 Å². The minimum absolute atomic E-state index is 0.00680. The Morgan fingerprint density at radius 3 is 2.52 bits per heavy atom. The first-order valence-electron chi connectivity index (χ1n) is 9.96. The molecule has 0 aliphatic carbocycles. The van der Waals surface area contributed by atoms with Gasteiger partial charge in [-0.25, -0.2) is 4.39 Å². The lowest BCUT2D eigenvalue weighted by Gasteiger charge is -2.14. The lowest BCUT2D eigenvalue weighted by atomic mass is 10.1. The van der Waals surface area contributed by atoms with E-state index in [2.05, 4.69) is 21.2 Å². The van der Waals surface area contributed by atoms with Crippen molar-refractivity contribution in [2.24, 2.45) is 0 Å². The zero-order chi connectivity index (χ0) is 23.8. The highest BCUT2D eigenvalue weighted by Gasteiger charge is 2.15. The number of aromatic hydroxyl groups is 1. The van der Waals surface area contributed by atoms with Crippen molar-refractivity contribution in [3.8, 4) is 23.3 Å². The van der Waals surface area contributed by atoms with Crippen molar-refractivity contribution in [3.05, 3.63) is 87.7 Å². The van der Waals surface area contributed by atoms with E-state index in [1.807, 2.05) is 13.0 Å². The SMILES string of the molecule is CCOc1cc(/C=C(\C#N)C(=O)Nc2ccc(O)cc2)c(Br)cc1OCc1ccccc1F. The number of hydrogen-bond acceptors (Lipinski definition) is 5. The fraction of sp³-hybridized carbons (Fsp3) is 0.120. The van der Waals surface area contributed by atoms with E-state index in [9.17, 15) is 19.6 Å². The number of carbonyl (C=O) groups is 1. The molecule has 3 aromatic carbocycles. The molecule has 0 aliphatic heterocycles. The van der Waals surface area contributed by atoms with E-state index in [4.69, 9.17) is 9.47 Å². The highest BCUT2D eigenvalue weighted by atomic mass is 79.9. The molecule has 1 amide bonds. The molecule has 0 saturated heterocycles. The summed E-state index contributed by atoms with van der Waals surface area (Å²) in [5.41, 5.74) is 1.22. The molecule has 0 aliphatic rings. The molecule has 0 radical (unpaired) electrons. The second-order valence-electron chi connectivity index (χ2n) is 6.80. The van der Waals surface area contributed by atoms with Gasteiger partial charge >= 0.3 is 0 Å². The van der Waals surface area contributed by atoms with Gasteiger partial charge in [0.15, 0.2) is 11.5 Å². The van der Waals surface area contributed by atoms with Gasteiger partial charge in [-0.2, -0.15) is 5.26 Å². The number of phenols is 1. The maximum Gasteiger partial charge on any atom is 0.266 e. The minimum atomic E-state index is -0.604. The number of nitrogens with one attached hydrogen (secondary N) is 1. The number of anilines is 1. The standard InChI is InChI=1S/C25H20BrFN2O4/c1-2-32-23-12-17(11-18(14-28)25(31)29-19-7-9-20(30)10-8-19)21(26)13-24(23)33-15-16-5-3-4-6-22(16)27/h3-13,30H,2,15H2,1H3,(H,29,31)/b18-11+. The molecule has 0 heterocycles. The molecule has 6 nitrogen and oxygen atoms in total. The molecule has 0 saturated carbocycles. The Balaban J connectivity index is 1.85. The zero-order valence-electron chi connectivity index (χ0n) is 17.6. The Hall–Kier alpha value is -3.83. The molecule has 0 spiro atoms. The largest absolute Gasteiger partial charge is 0.508 e. The quantitative estimate of drug-likeness (QED) is 0.226. The van der Waals surface area contributed by atoms with Crippen molar-refractivity contribution in [1.29, 1.82) is 5.26 Å². The fourth-order valence-corrected chi connectivity index (χ4v) is 3.30. The number of ether oxygens (including phenoxy) is 2. The van der Waals surface area contributed by atoms with Crippen LogP contribution in [-0.2, 0) is 11.4 Å². The van der Waals surface area contributed by atoms with Crippen molar-refractivity contribution in [1.82, 2.24) is 0 Å². The Kier molecular flexibility index (Phi) is 8.06. The molecule has 2 N–H and O–H groups in total. The highest BCUT2D eigenvalue weighted by molar-refractivity contribution is 9.10. The van der Waals surface area contributed by atoms with Crippen LogP contribution < -0.4 is 14.8 Å². The number of phenolic OH excluding ortho intramolecular Hbond substituents is 1. The van der Waals surface area contributed by atoms with E-state index < -0.39 is 5.91 Å². The van der Waals surface area contributed by atoms with Crippen LogP contribution in [0.1, 0.15) is 18.1 Å². The van der Waals surface area contributed by atoms with Crippen LogP contribution in [0.15, 0.2) is 70.7 Å². The number of hydrogen-bond donors (Lipinski definition) is 2. The smallest absolute Gasteiger partial charge is 0.266 e. The van der Waals surface area contributed by atoms with E-state index in [1.54, 1.807) is 30.3 Å². The van der Waals surface area contributed by atoms with Gasteiger partial charge in [0.2, 0.25) is 0 Å². The Morgan fingerprint density at radius 2 is 1.85 bits per heavy atom. The normalized spacial score (nSPS) is 10.9. The summed E-state index contributed by atoms with van der Waals surface area (Å²) < 4.78 is 25.9. The summed E-state index contributed by atoms with van der Waals surface area (Å²) in [7, 11) is 0. The monoisotopic (exact) mass is 510 g/mol. The average Bonchev–Trinajstić information content (AvgIpc) is 2.80. The van der Waals surface area contributed by atoms with Gasteiger partial charge in [-0.05, 0) is 61.0 Å². The zero-order valence-corrected chi connectivity index (χ0v) is 19.2. The van der Waals surface area contributed by atoms with Gasteiger partial charge in [0.1, 0.15) is 29.8 Å². The van der Waals surface area contributed by atoms with Gasteiger partial charge in [-0.3, -0.25) is 4.79 Å². The molecule has 3 rings (SSSR count). The topological polar surface area (TPSA) is 91.6 Å². The van der Waals surface area contributed by atoms with Gasteiger partial charge in [0, 0.05) is 15.7 Å². The van der Waals surface area contributed by atoms with Gasteiger partial charge in [-0.1, -0.05) is 34.1 Å². The van der Waals surface area contributed by atoms with Crippen molar-refractivity contribution in [2.45, 2.75) is 13.5 Å². The summed E-state index contributed by atoms with van der Waals surface area (Å²) >= 11 is 3.43. The van der Waals surface area contributed by atoms with Gasteiger partial charge in [-0.15, -0.1) is 0 Å². The van der Waals surface area contributed by atoms with Crippen LogP contribution in [0, 0.1) is 17.1 Å². The second kappa shape index (κ2) is 11.2. The number of amides is 1. The predicted molar refractivity (Wildman–Crippen MR) is 126 cm³/mol. The maximum absolute atomic E-state index is 13.9. The number of carbonyl (C=O) groups excluding carboxylic acids is 1. The molecule has 0 fully saturated rings. The first-order chi connectivity index (χ1) is 15.9. The van der Waals surface area contributed by atoms with E-state index in [-0.39, 0.29) is 23.7 Å². The number of rotatable bonds is 8. The minimum Gasteiger partial charge on any atom is -0.508 e. The molecule has 168 valence electrons. The number of benzene rings is 3. The molecule has 3 aromatic rings. The van der Waals surface area contributed by atoms with Crippen LogP contribution in [0.4, 0.5) is 10.1 Å². The number of nitriles is 1. The summed E-state index contributed by atoms with van der Waals surface area (Å²) in [6.45, 7) is 2.17. The van der Waals surface area contributed by atoms with Gasteiger partial charge in [0.05, 0.1) is 6.61 Å². The summed E-state index contributed by atoms with van der Waals surface area (Å²) in [5.74, 6) is -0.134. The van der Waals surface area contributed by atoms with Crippen LogP contribution in [0.3, 0.4) is 0 Å². The van der Waals surface area contributed by atoms with E-state index in [0.717, 1.165) is 0 Å². The van der Waals surface area contributed by atoms with Gasteiger partial charge < -0.3 is 19.9 Å². The van der Waals surface area contributed by atoms with Crippen LogP contribution in [-0.4, -0.2) is 17.6 Å². The summed E-state index contributed by atoms with van der Waals surface area (Å²) in [5, 5.41) is 21.5. The van der Waals surface area contributed by atoms with Crippen molar-refractivity contribution in [2.75, 3.05) is 11.9 Å². The molecule has 0 aromatic heterocycles. The fourth-order valence-electron chi connectivity index (χ4n) is 2.86. The van der Waals surface area contributed by atoms with Crippen LogP contribution in [0.25, 0.3) is 6.08 Å². The second-order valence-corrected chi connectivity index (χ2v) is 7.66. The Bertz CT molecular complexity index is 1220. The molecular weight excluding hydrogens is 491 g/mol. The van der Waals surface area contributed by atoms with E-state index >= 15 is 0 Å². The molecule has 0 unspecified atom stereocenters. The molecule has 0 bridgehead atoms.